The van der Waals surface area contributed by atoms with Gasteiger partial charge in [0.2, 0.25) is 0 Å². The van der Waals surface area contributed by atoms with Crippen LogP contribution in [0.2, 0.25) is 0 Å². The zero-order chi connectivity index (χ0) is 9.97. The summed E-state index contributed by atoms with van der Waals surface area (Å²) in [5, 5.41) is 2.50. The smallest absolute Gasteiger partial charge is 0.112 e. The van der Waals surface area contributed by atoms with Crippen molar-refractivity contribution in [2.24, 2.45) is 0 Å². The van der Waals surface area contributed by atoms with Crippen molar-refractivity contribution >= 4 is 0 Å². The molecule has 0 bridgehead atoms. The maximum atomic E-state index is 2.50. The van der Waals surface area contributed by atoms with E-state index in [4.69, 9.17) is 0 Å². The maximum Gasteiger partial charge on any atom is 0.112 e. The van der Waals surface area contributed by atoms with E-state index in [1.807, 2.05) is 0 Å². The fourth-order valence-corrected chi connectivity index (χ4v) is 2.47. The highest BCUT2D eigenvalue weighted by molar-refractivity contribution is 5.29. The molecule has 1 fully saturated rings. The summed E-state index contributed by atoms with van der Waals surface area (Å²) in [5.41, 5.74) is 4.33. The third-order valence-corrected chi connectivity index (χ3v) is 3.09. The molecular weight excluding hydrogens is 170 g/mol. The van der Waals surface area contributed by atoms with Crippen LogP contribution in [0.1, 0.15) is 42.0 Å². The molecule has 0 spiro atoms. The van der Waals surface area contributed by atoms with Crippen LogP contribution in [-0.4, -0.2) is 6.54 Å². The van der Waals surface area contributed by atoms with Crippen molar-refractivity contribution in [2.45, 2.75) is 39.2 Å². The molecule has 0 radical (unpaired) electrons. The minimum Gasteiger partial charge on any atom is -0.340 e. The van der Waals surface area contributed by atoms with Gasteiger partial charge in [-0.15, -0.1) is 0 Å². The standard InChI is InChI=1S/C13H19N/c1-10-7-11(2)9-12(8-10)13-5-3-4-6-14-13/h7-9,13-14H,3-6H2,1-2H3/p+1/t13-/m0/s1. The molecule has 76 valence electrons. The molecule has 1 atom stereocenters. The van der Waals surface area contributed by atoms with E-state index in [0.717, 1.165) is 6.04 Å². The molecule has 0 aromatic heterocycles. The number of nitrogens with two attached hydrogens (primary N) is 1. The molecule has 1 aromatic rings. The molecule has 0 saturated carbocycles. The average molecular weight is 190 g/mol. The molecule has 14 heavy (non-hydrogen) atoms. The molecular formula is C13H20N+. The summed E-state index contributed by atoms with van der Waals surface area (Å²) in [6, 6.07) is 7.67. The van der Waals surface area contributed by atoms with Gasteiger partial charge in [-0.3, -0.25) is 0 Å². The topological polar surface area (TPSA) is 16.6 Å². The Hall–Kier alpha value is -0.820. The fourth-order valence-electron chi connectivity index (χ4n) is 2.47. The SMILES string of the molecule is Cc1cc(C)cc([C@@H]2CCCC[NH2+]2)c1. The van der Waals surface area contributed by atoms with Gasteiger partial charge >= 0.3 is 0 Å². The van der Waals surface area contributed by atoms with Crippen molar-refractivity contribution in [1.29, 1.82) is 0 Å². The van der Waals surface area contributed by atoms with E-state index in [-0.39, 0.29) is 0 Å². The molecule has 0 unspecified atom stereocenters. The van der Waals surface area contributed by atoms with Crippen molar-refractivity contribution in [3.63, 3.8) is 0 Å². The number of hydrogen-bond acceptors (Lipinski definition) is 0. The zero-order valence-corrected chi connectivity index (χ0v) is 9.22. The Morgan fingerprint density at radius 2 is 1.79 bits per heavy atom. The third-order valence-electron chi connectivity index (χ3n) is 3.09. The van der Waals surface area contributed by atoms with Crippen molar-refractivity contribution in [3.8, 4) is 0 Å². The third kappa shape index (κ3) is 2.16. The van der Waals surface area contributed by atoms with Crippen LogP contribution in [-0.2, 0) is 0 Å². The lowest BCUT2D eigenvalue weighted by atomic mass is 9.95. The summed E-state index contributed by atoms with van der Waals surface area (Å²) in [6.45, 7) is 5.69. The summed E-state index contributed by atoms with van der Waals surface area (Å²) in [5.74, 6) is 0. The van der Waals surface area contributed by atoms with Crippen LogP contribution in [0.3, 0.4) is 0 Å². The van der Waals surface area contributed by atoms with Gasteiger partial charge in [0.05, 0.1) is 6.54 Å². The maximum absolute atomic E-state index is 2.50. The Bertz CT molecular complexity index is 291. The molecule has 1 nitrogen and oxygen atoms in total. The van der Waals surface area contributed by atoms with Crippen LogP contribution in [0.15, 0.2) is 18.2 Å². The first-order valence-corrected chi connectivity index (χ1v) is 5.67. The van der Waals surface area contributed by atoms with Crippen LogP contribution in [0.4, 0.5) is 0 Å². The van der Waals surface area contributed by atoms with Gasteiger partial charge in [-0.1, -0.05) is 29.3 Å². The highest BCUT2D eigenvalue weighted by Gasteiger charge is 2.18. The lowest BCUT2D eigenvalue weighted by molar-refractivity contribution is -0.704. The summed E-state index contributed by atoms with van der Waals surface area (Å²) in [4.78, 5) is 0. The van der Waals surface area contributed by atoms with E-state index in [1.54, 1.807) is 0 Å². The first kappa shape index (κ1) is 9.72. The zero-order valence-electron chi connectivity index (χ0n) is 9.22. The molecule has 0 aliphatic carbocycles. The molecule has 1 aliphatic rings. The van der Waals surface area contributed by atoms with Crippen LogP contribution >= 0.6 is 0 Å². The van der Waals surface area contributed by atoms with Crippen molar-refractivity contribution in [1.82, 2.24) is 0 Å². The lowest BCUT2D eigenvalue weighted by Gasteiger charge is -2.21. The van der Waals surface area contributed by atoms with E-state index in [1.165, 1.54) is 42.5 Å². The Kier molecular flexibility index (Phi) is 2.87. The largest absolute Gasteiger partial charge is 0.340 e. The van der Waals surface area contributed by atoms with Crippen molar-refractivity contribution < 1.29 is 5.32 Å². The molecule has 1 heteroatoms. The van der Waals surface area contributed by atoms with Gasteiger partial charge in [-0.05, 0) is 26.7 Å². The first-order valence-electron chi connectivity index (χ1n) is 5.67. The molecule has 0 amide bonds. The minimum atomic E-state index is 0.724. The van der Waals surface area contributed by atoms with Gasteiger partial charge in [-0.25, -0.2) is 0 Å². The van der Waals surface area contributed by atoms with E-state index in [0.29, 0.717) is 0 Å². The summed E-state index contributed by atoms with van der Waals surface area (Å²) < 4.78 is 0. The predicted octanol–water partition coefficient (Wildman–Crippen LogP) is 2.09. The van der Waals surface area contributed by atoms with Crippen molar-refractivity contribution in [2.75, 3.05) is 6.54 Å². The monoisotopic (exact) mass is 190 g/mol. The molecule has 1 saturated heterocycles. The molecule has 1 aromatic carbocycles. The Morgan fingerprint density at radius 3 is 2.36 bits per heavy atom. The normalized spacial score (nSPS) is 22.3. The Labute approximate surface area is 86.5 Å². The lowest BCUT2D eigenvalue weighted by Crippen LogP contribution is -2.86. The molecule has 1 heterocycles. The molecule has 2 rings (SSSR count). The van der Waals surface area contributed by atoms with E-state index >= 15 is 0 Å². The van der Waals surface area contributed by atoms with Crippen LogP contribution in [0, 0.1) is 13.8 Å². The van der Waals surface area contributed by atoms with E-state index in [9.17, 15) is 0 Å². The predicted molar refractivity (Wildman–Crippen MR) is 59.3 cm³/mol. The van der Waals surface area contributed by atoms with Gasteiger partial charge in [-0.2, -0.15) is 0 Å². The number of benzene rings is 1. The summed E-state index contributed by atoms with van der Waals surface area (Å²) >= 11 is 0. The highest BCUT2D eigenvalue weighted by Crippen LogP contribution is 2.20. The van der Waals surface area contributed by atoms with Crippen LogP contribution in [0.25, 0.3) is 0 Å². The second-order valence-corrected chi connectivity index (χ2v) is 4.55. The number of piperidine rings is 1. The van der Waals surface area contributed by atoms with Gasteiger partial charge in [0.1, 0.15) is 6.04 Å². The van der Waals surface area contributed by atoms with Gasteiger partial charge in [0.15, 0.2) is 0 Å². The van der Waals surface area contributed by atoms with Gasteiger partial charge < -0.3 is 5.32 Å². The number of rotatable bonds is 1. The Balaban J connectivity index is 2.21. The molecule has 2 N–H and O–H groups in total. The van der Waals surface area contributed by atoms with E-state index < -0.39 is 0 Å². The second-order valence-electron chi connectivity index (χ2n) is 4.55. The summed E-state index contributed by atoms with van der Waals surface area (Å²) in [7, 11) is 0. The van der Waals surface area contributed by atoms with Crippen molar-refractivity contribution in [3.05, 3.63) is 34.9 Å². The average Bonchev–Trinajstić information content (AvgIpc) is 2.18. The Morgan fingerprint density at radius 1 is 1.07 bits per heavy atom. The highest BCUT2D eigenvalue weighted by atomic mass is 14.9. The van der Waals surface area contributed by atoms with Crippen LogP contribution in [0.5, 0.6) is 0 Å². The quantitative estimate of drug-likeness (QED) is 0.698. The fraction of sp³-hybridized carbons (Fsp3) is 0.538. The number of aryl methyl sites for hydroxylation is 2. The minimum absolute atomic E-state index is 0.724. The molecule has 1 aliphatic heterocycles. The van der Waals surface area contributed by atoms with Gasteiger partial charge in [0.25, 0.3) is 0 Å². The van der Waals surface area contributed by atoms with Crippen LogP contribution < -0.4 is 5.32 Å². The second kappa shape index (κ2) is 4.14. The van der Waals surface area contributed by atoms with Gasteiger partial charge in [0, 0.05) is 12.0 Å². The van der Waals surface area contributed by atoms with E-state index in [2.05, 4.69) is 37.4 Å². The first-order chi connectivity index (χ1) is 6.75. The summed E-state index contributed by atoms with van der Waals surface area (Å²) in [6.07, 6.45) is 4.14. The number of hydrogen-bond donors (Lipinski definition) is 1. The number of quaternary nitrogens is 1.